The molecule has 0 fully saturated rings. The van der Waals surface area contributed by atoms with Gasteiger partial charge in [-0.05, 0) is 124 Å². The first-order valence-electron chi connectivity index (χ1n) is 24.0. The molecule has 3 aromatic heterocycles. The SMILES string of the molecule is CCc1ccc(-c2cc(-c3cc(Cl)cc(Cl)c3)nn2Cc2ccc(C(=O)NCCC(=O)O)cc2)cc1.O=C(O)CCNC(=O)c1ccc(Cn2nc(-c3cc(Cl)cc(Cl)c3)cc2-c2ccc(-c3cccnc3)cc2)cc1. The van der Waals surface area contributed by atoms with Gasteiger partial charge in [0.25, 0.3) is 11.8 Å². The van der Waals surface area contributed by atoms with Crippen molar-refractivity contribution in [3.05, 3.63) is 218 Å². The zero-order valence-corrected chi connectivity index (χ0v) is 43.9. The molecule has 0 aliphatic rings. The van der Waals surface area contributed by atoms with Crippen LogP contribution in [0.4, 0.5) is 0 Å². The number of halogens is 4. The van der Waals surface area contributed by atoms with Crippen molar-refractivity contribution in [1.82, 2.24) is 35.2 Å². The number of aliphatic carboxylic acids is 2. The van der Waals surface area contributed by atoms with E-state index in [-0.39, 0.29) is 37.7 Å². The Bertz CT molecular complexity index is 3450. The maximum absolute atomic E-state index is 12.3. The normalized spacial score (nSPS) is 10.9. The number of amides is 2. The number of hydrogen-bond donors (Lipinski definition) is 4. The highest BCUT2D eigenvalue weighted by Gasteiger charge is 2.17. The van der Waals surface area contributed by atoms with Crippen molar-refractivity contribution >= 4 is 70.2 Å². The fourth-order valence-electron chi connectivity index (χ4n) is 8.14. The maximum Gasteiger partial charge on any atom is 0.305 e. The smallest absolute Gasteiger partial charge is 0.305 e. The number of pyridine rings is 1. The summed E-state index contributed by atoms with van der Waals surface area (Å²) >= 11 is 25.0. The lowest BCUT2D eigenvalue weighted by atomic mass is 10.0. The predicted octanol–water partition coefficient (Wildman–Crippen LogP) is 13.2. The van der Waals surface area contributed by atoms with E-state index in [2.05, 4.69) is 71.1 Å². The number of aromatic nitrogens is 5. The van der Waals surface area contributed by atoms with Crippen LogP contribution in [-0.4, -0.2) is 71.6 Å². The van der Waals surface area contributed by atoms with Gasteiger partial charge in [0.1, 0.15) is 0 Å². The first-order chi connectivity index (χ1) is 36.7. The molecule has 9 rings (SSSR count). The van der Waals surface area contributed by atoms with E-state index in [0.717, 1.165) is 73.7 Å². The summed E-state index contributed by atoms with van der Waals surface area (Å²) in [6, 6.07) is 49.6. The van der Waals surface area contributed by atoms with Crippen molar-refractivity contribution in [2.45, 2.75) is 39.3 Å². The molecule has 0 unspecified atom stereocenters. The van der Waals surface area contributed by atoms with Gasteiger partial charge in [-0.3, -0.25) is 33.5 Å². The highest BCUT2D eigenvalue weighted by molar-refractivity contribution is 6.35. The van der Waals surface area contributed by atoms with E-state index in [1.54, 1.807) is 42.6 Å². The van der Waals surface area contributed by atoms with E-state index in [0.29, 0.717) is 44.3 Å². The first kappa shape index (κ1) is 54.2. The summed E-state index contributed by atoms with van der Waals surface area (Å²) in [5.41, 5.74) is 13.1. The molecule has 6 aromatic carbocycles. The lowest BCUT2D eigenvalue weighted by Gasteiger charge is -2.10. The quantitative estimate of drug-likeness (QED) is 0.0650. The molecule has 0 saturated heterocycles. The Morgan fingerprint density at radius 3 is 1.25 bits per heavy atom. The Hall–Kier alpha value is -8.07. The molecule has 3 heterocycles. The monoisotopic (exact) mass is 1090 g/mol. The molecule has 17 heteroatoms. The number of benzene rings is 6. The summed E-state index contributed by atoms with van der Waals surface area (Å²) in [5, 5.41) is 34.6. The highest BCUT2D eigenvalue weighted by atomic mass is 35.5. The van der Waals surface area contributed by atoms with Gasteiger partial charge in [-0.25, -0.2) is 0 Å². The van der Waals surface area contributed by atoms with E-state index < -0.39 is 11.9 Å². The summed E-state index contributed by atoms with van der Waals surface area (Å²) in [5.74, 6) is -2.54. The van der Waals surface area contributed by atoms with Crippen LogP contribution < -0.4 is 10.6 Å². The highest BCUT2D eigenvalue weighted by Crippen LogP contribution is 2.33. The van der Waals surface area contributed by atoms with Crippen molar-refractivity contribution in [1.29, 1.82) is 0 Å². The maximum atomic E-state index is 12.3. The number of aryl methyl sites for hydroxylation is 1. The number of nitrogens with zero attached hydrogens (tertiary/aromatic N) is 5. The number of hydrogen-bond acceptors (Lipinski definition) is 7. The van der Waals surface area contributed by atoms with E-state index in [1.807, 2.05) is 88.4 Å². The molecule has 76 heavy (non-hydrogen) atoms. The Morgan fingerprint density at radius 1 is 0.474 bits per heavy atom. The molecule has 13 nitrogen and oxygen atoms in total. The number of rotatable bonds is 18. The average Bonchev–Trinajstić information content (AvgIpc) is 4.05. The van der Waals surface area contributed by atoms with Crippen molar-refractivity contribution in [3.63, 3.8) is 0 Å². The fourth-order valence-corrected chi connectivity index (χ4v) is 9.19. The lowest BCUT2D eigenvalue weighted by Crippen LogP contribution is -2.25. The Morgan fingerprint density at radius 2 is 0.868 bits per heavy atom. The van der Waals surface area contributed by atoms with Crippen LogP contribution in [0.2, 0.25) is 20.1 Å². The Labute approximate surface area is 458 Å². The zero-order chi connectivity index (χ0) is 53.7. The molecule has 0 aliphatic carbocycles. The van der Waals surface area contributed by atoms with Gasteiger partial charge in [-0.15, -0.1) is 0 Å². The third-order valence-electron chi connectivity index (χ3n) is 12.1. The second kappa shape index (κ2) is 25.4. The van der Waals surface area contributed by atoms with Gasteiger partial charge in [0.2, 0.25) is 0 Å². The molecule has 384 valence electrons. The molecule has 0 radical (unpaired) electrons. The van der Waals surface area contributed by atoms with Crippen LogP contribution >= 0.6 is 46.4 Å². The second-order valence-corrected chi connectivity index (χ2v) is 19.3. The summed E-state index contributed by atoms with van der Waals surface area (Å²) in [4.78, 5) is 50.1. The minimum absolute atomic E-state index is 0.0719. The summed E-state index contributed by atoms with van der Waals surface area (Å²) in [7, 11) is 0. The van der Waals surface area contributed by atoms with E-state index in [1.165, 1.54) is 5.56 Å². The zero-order valence-electron chi connectivity index (χ0n) is 40.9. The molecule has 0 atom stereocenters. The van der Waals surface area contributed by atoms with Crippen LogP contribution in [0.15, 0.2) is 170 Å². The number of carbonyl (C=O) groups excluding carboxylic acids is 2. The third-order valence-corrected chi connectivity index (χ3v) is 12.9. The topological polar surface area (TPSA) is 181 Å². The summed E-state index contributed by atoms with van der Waals surface area (Å²) < 4.78 is 3.83. The molecule has 4 N–H and O–H groups in total. The van der Waals surface area contributed by atoms with Crippen LogP contribution in [-0.2, 0) is 29.1 Å². The number of carbonyl (C=O) groups is 4. The van der Waals surface area contributed by atoms with Crippen LogP contribution in [0, 0.1) is 0 Å². The van der Waals surface area contributed by atoms with Crippen molar-refractivity contribution < 1.29 is 29.4 Å². The van der Waals surface area contributed by atoms with Crippen LogP contribution in [0.1, 0.15) is 57.2 Å². The molecule has 0 spiro atoms. The minimum atomic E-state index is -0.961. The second-order valence-electron chi connectivity index (χ2n) is 17.5. The van der Waals surface area contributed by atoms with Crippen LogP contribution in [0.5, 0.6) is 0 Å². The van der Waals surface area contributed by atoms with Gasteiger partial charge in [0, 0.05) is 67.8 Å². The molecule has 0 aliphatic heterocycles. The molecule has 9 aromatic rings. The van der Waals surface area contributed by atoms with Gasteiger partial charge < -0.3 is 20.8 Å². The third kappa shape index (κ3) is 14.6. The standard InChI is InChI=1S/C31H24Cl2N4O3.C28H25Cl2N3O3/c32-26-14-25(15-27(33)16-26)28-17-29(22-9-7-21(8-10-22)24-2-1-12-34-18-24)37(36-28)19-20-3-5-23(6-4-20)31(40)35-13-11-30(38)39;1-2-18-3-7-20(8-4-18)26-16-25(22-13-23(29)15-24(30)14-22)32-33(26)17-19-5-9-21(10-6-19)28(36)31-12-11-27(34)35/h1-10,12,14-18H,11,13,19H2,(H,35,40)(H,38,39);3-10,13-16H,2,11-12,17H2,1H3,(H,31,36)(H,34,35). The van der Waals surface area contributed by atoms with Crippen LogP contribution in [0.3, 0.4) is 0 Å². The lowest BCUT2D eigenvalue weighted by molar-refractivity contribution is -0.137. The van der Waals surface area contributed by atoms with E-state index >= 15 is 0 Å². The predicted molar refractivity (Wildman–Crippen MR) is 299 cm³/mol. The van der Waals surface area contributed by atoms with Gasteiger partial charge in [-0.1, -0.05) is 132 Å². The van der Waals surface area contributed by atoms with Crippen molar-refractivity contribution in [2.24, 2.45) is 0 Å². The first-order valence-corrected chi connectivity index (χ1v) is 25.6. The van der Waals surface area contributed by atoms with Crippen molar-refractivity contribution in [2.75, 3.05) is 13.1 Å². The molecular weight excluding hydrogens is 1040 g/mol. The summed E-state index contributed by atoms with van der Waals surface area (Å²) in [6.45, 7) is 3.22. The minimum Gasteiger partial charge on any atom is -0.481 e. The molecule has 0 saturated carbocycles. The number of nitrogens with one attached hydrogen (secondary N) is 2. The fraction of sp³-hybridized carbons (Fsp3) is 0.136. The average molecular weight is 1090 g/mol. The van der Waals surface area contributed by atoms with Gasteiger partial charge in [0.05, 0.1) is 48.7 Å². The van der Waals surface area contributed by atoms with Crippen molar-refractivity contribution in [3.8, 4) is 56.2 Å². The Balaban J connectivity index is 0.000000203. The van der Waals surface area contributed by atoms with Gasteiger partial charge in [0.15, 0.2) is 0 Å². The van der Waals surface area contributed by atoms with Crippen LogP contribution in [0.25, 0.3) is 56.2 Å². The van der Waals surface area contributed by atoms with E-state index in [9.17, 15) is 19.2 Å². The molecule has 2 amide bonds. The molecular formula is C59H49Cl4N7O6. The largest absolute Gasteiger partial charge is 0.481 e. The summed E-state index contributed by atoms with van der Waals surface area (Å²) in [6.07, 6.45) is 4.29. The number of carboxylic acid groups (broad SMARTS) is 2. The van der Waals surface area contributed by atoms with Gasteiger partial charge >= 0.3 is 11.9 Å². The van der Waals surface area contributed by atoms with E-state index in [4.69, 9.17) is 66.8 Å². The van der Waals surface area contributed by atoms with Gasteiger partial charge in [-0.2, -0.15) is 10.2 Å². The molecule has 0 bridgehead atoms. The number of carboxylic acids is 2. The Kier molecular flexibility index (Phi) is 18.1.